The van der Waals surface area contributed by atoms with E-state index in [4.69, 9.17) is 0 Å². The fourth-order valence-electron chi connectivity index (χ4n) is 3.28. The van der Waals surface area contributed by atoms with Gasteiger partial charge in [-0.25, -0.2) is 8.42 Å². The van der Waals surface area contributed by atoms with Gasteiger partial charge in [0.15, 0.2) is 15.0 Å². The summed E-state index contributed by atoms with van der Waals surface area (Å²) in [5.74, 6) is 0.343. The number of benzene rings is 1. The fourth-order valence-corrected chi connectivity index (χ4v) is 7.21. The van der Waals surface area contributed by atoms with Crippen molar-refractivity contribution >= 4 is 44.0 Å². The first-order valence-corrected chi connectivity index (χ1v) is 11.4. The molecule has 2 heterocycles. The molecule has 6 nitrogen and oxygen atoms in total. The van der Waals surface area contributed by atoms with Crippen LogP contribution in [0.5, 0.6) is 0 Å². The van der Waals surface area contributed by atoms with E-state index >= 15 is 0 Å². The van der Waals surface area contributed by atoms with E-state index in [0.29, 0.717) is 11.6 Å². The van der Waals surface area contributed by atoms with Gasteiger partial charge in [0.25, 0.3) is 0 Å². The molecule has 2 aliphatic heterocycles. The van der Waals surface area contributed by atoms with Crippen LogP contribution in [0.2, 0.25) is 0 Å². The molecule has 1 amide bonds. The van der Waals surface area contributed by atoms with Gasteiger partial charge in [-0.3, -0.25) is 4.79 Å². The Morgan fingerprint density at radius 2 is 1.92 bits per heavy atom. The Hall–Kier alpha value is -1.54. The maximum atomic E-state index is 12.2. The number of amidine groups is 1. The molecule has 8 heteroatoms. The van der Waals surface area contributed by atoms with E-state index in [0.717, 1.165) is 11.4 Å². The highest BCUT2D eigenvalue weighted by Gasteiger charge is 2.49. The van der Waals surface area contributed by atoms with Crippen LogP contribution in [-0.4, -0.2) is 56.4 Å². The van der Waals surface area contributed by atoms with Crippen LogP contribution in [0.25, 0.3) is 0 Å². The van der Waals surface area contributed by atoms with E-state index in [-0.39, 0.29) is 34.6 Å². The Labute approximate surface area is 159 Å². The molecule has 2 saturated heterocycles. The number of rotatable bonds is 4. The molecule has 0 aliphatic carbocycles. The molecule has 2 aliphatic rings. The highest BCUT2D eigenvalue weighted by molar-refractivity contribution is 8.16. The largest absolute Gasteiger partial charge is 0.378 e. The number of anilines is 2. The molecule has 26 heavy (non-hydrogen) atoms. The summed E-state index contributed by atoms with van der Waals surface area (Å²) in [4.78, 5) is 20.5. The third-order valence-electron chi connectivity index (χ3n) is 4.51. The Balaban J connectivity index is 1.94. The number of hydrogen-bond acceptors (Lipinski definition) is 5. The molecule has 0 unspecified atom stereocenters. The lowest BCUT2D eigenvalue weighted by Crippen LogP contribution is -2.37. The van der Waals surface area contributed by atoms with Gasteiger partial charge >= 0.3 is 0 Å². The quantitative estimate of drug-likeness (QED) is 0.780. The van der Waals surface area contributed by atoms with Gasteiger partial charge in [-0.15, -0.1) is 0 Å². The third-order valence-corrected chi connectivity index (χ3v) is 7.72. The van der Waals surface area contributed by atoms with Crippen molar-refractivity contribution in [1.29, 1.82) is 0 Å². The molecule has 142 valence electrons. The van der Waals surface area contributed by atoms with Crippen LogP contribution in [0, 0.1) is 5.92 Å². The van der Waals surface area contributed by atoms with Gasteiger partial charge in [-0.2, -0.15) is 4.99 Å². The zero-order chi connectivity index (χ0) is 19.1. The Bertz CT molecular complexity index is 817. The van der Waals surface area contributed by atoms with Crippen molar-refractivity contribution < 1.29 is 13.2 Å². The van der Waals surface area contributed by atoms with Gasteiger partial charge in [-0.1, -0.05) is 25.6 Å². The van der Waals surface area contributed by atoms with Crippen molar-refractivity contribution in [3.8, 4) is 0 Å². The van der Waals surface area contributed by atoms with Gasteiger partial charge < -0.3 is 9.80 Å². The van der Waals surface area contributed by atoms with Crippen LogP contribution in [0.15, 0.2) is 29.3 Å². The predicted molar refractivity (Wildman–Crippen MR) is 109 cm³/mol. The van der Waals surface area contributed by atoms with Gasteiger partial charge in [0.05, 0.1) is 17.5 Å². The average molecular weight is 396 g/mol. The first kappa shape index (κ1) is 19.2. The number of thioether (sulfide) groups is 1. The summed E-state index contributed by atoms with van der Waals surface area (Å²) < 4.78 is 24.2. The van der Waals surface area contributed by atoms with E-state index in [1.54, 1.807) is 0 Å². The van der Waals surface area contributed by atoms with Crippen LogP contribution in [-0.2, 0) is 14.6 Å². The number of nitrogens with zero attached hydrogens (tertiary/aromatic N) is 3. The SMILES string of the molecule is CC(C)CC(=O)N=C1S[C@@H]2CS(=O)(=O)C[C@H]2N1c1ccc(N(C)C)cc1. The summed E-state index contributed by atoms with van der Waals surface area (Å²) in [5, 5.41) is 0.553. The number of fused-ring (bicyclic) bond motifs is 1. The molecule has 3 rings (SSSR count). The smallest absolute Gasteiger partial charge is 0.248 e. The van der Waals surface area contributed by atoms with Gasteiger partial charge in [-0.05, 0) is 30.2 Å². The first-order valence-electron chi connectivity index (χ1n) is 8.71. The number of carbonyl (C=O) groups is 1. The van der Waals surface area contributed by atoms with Crippen LogP contribution < -0.4 is 9.80 Å². The molecular formula is C18H25N3O3S2. The molecule has 0 radical (unpaired) electrons. The maximum absolute atomic E-state index is 12.2. The summed E-state index contributed by atoms with van der Waals surface area (Å²) >= 11 is 1.42. The van der Waals surface area contributed by atoms with Gasteiger partial charge in [0.2, 0.25) is 5.91 Å². The molecule has 2 fully saturated rings. The van der Waals surface area contributed by atoms with Crippen LogP contribution >= 0.6 is 11.8 Å². The van der Waals surface area contributed by atoms with E-state index in [9.17, 15) is 13.2 Å². The summed E-state index contributed by atoms with van der Waals surface area (Å²) in [6.45, 7) is 3.97. The van der Waals surface area contributed by atoms with E-state index < -0.39 is 9.84 Å². The van der Waals surface area contributed by atoms with Gasteiger partial charge in [0, 0.05) is 37.1 Å². The topological polar surface area (TPSA) is 70.0 Å². The fraction of sp³-hybridized carbons (Fsp3) is 0.556. The van der Waals surface area contributed by atoms with E-state index in [2.05, 4.69) is 4.99 Å². The van der Waals surface area contributed by atoms with Crippen LogP contribution in [0.4, 0.5) is 11.4 Å². The Morgan fingerprint density at radius 3 is 2.50 bits per heavy atom. The average Bonchev–Trinajstić information content (AvgIpc) is 2.97. The first-order chi connectivity index (χ1) is 12.2. The van der Waals surface area contributed by atoms with Crippen molar-refractivity contribution in [1.82, 2.24) is 0 Å². The van der Waals surface area contributed by atoms with Crippen molar-refractivity contribution in [3.63, 3.8) is 0 Å². The normalized spacial score (nSPS) is 25.7. The Kier molecular flexibility index (Phi) is 5.35. The molecule has 1 aromatic carbocycles. The minimum Gasteiger partial charge on any atom is -0.378 e. The number of carbonyl (C=O) groups excluding carboxylic acids is 1. The highest BCUT2D eigenvalue weighted by atomic mass is 32.2. The lowest BCUT2D eigenvalue weighted by Gasteiger charge is -2.25. The van der Waals surface area contributed by atoms with Gasteiger partial charge in [0.1, 0.15) is 0 Å². The number of sulfone groups is 1. The van der Waals surface area contributed by atoms with Crippen LogP contribution in [0.1, 0.15) is 20.3 Å². The Morgan fingerprint density at radius 1 is 1.27 bits per heavy atom. The second kappa shape index (κ2) is 7.23. The molecule has 2 atom stereocenters. The molecule has 0 bridgehead atoms. The summed E-state index contributed by atoms with van der Waals surface area (Å²) in [6.07, 6.45) is 0.394. The molecule has 0 N–H and O–H groups in total. The molecular weight excluding hydrogens is 370 g/mol. The number of hydrogen-bond donors (Lipinski definition) is 0. The van der Waals surface area contributed by atoms with Crippen LogP contribution in [0.3, 0.4) is 0 Å². The minimum absolute atomic E-state index is 0.0703. The minimum atomic E-state index is -3.05. The number of aliphatic imine (C=N–C) groups is 1. The summed E-state index contributed by atoms with van der Waals surface area (Å²) in [5.41, 5.74) is 1.94. The summed E-state index contributed by atoms with van der Waals surface area (Å²) in [6, 6.07) is 7.74. The lowest BCUT2D eigenvalue weighted by molar-refractivity contribution is -0.118. The highest BCUT2D eigenvalue weighted by Crippen LogP contribution is 2.41. The second-order valence-corrected chi connectivity index (χ2v) is 10.8. The molecule has 0 saturated carbocycles. The zero-order valence-corrected chi connectivity index (χ0v) is 17.2. The zero-order valence-electron chi connectivity index (χ0n) is 15.5. The molecule has 0 spiro atoms. The van der Waals surface area contributed by atoms with E-state index in [1.807, 2.05) is 62.0 Å². The number of amides is 1. The lowest BCUT2D eigenvalue weighted by atomic mass is 10.1. The molecule has 0 aromatic heterocycles. The van der Waals surface area contributed by atoms with Crippen molar-refractivity contribution in [2.45, 2.75) is 31.6 Å². The van der Waals surface area contributed by atoms with Crippen molar-refractivity contribution in [2.24, 2.45) is 10.9 Å². The second-order valence-electron chi connectivity index (χ2n) is 7.47. The van der Waals surface area contributed by atoms with Crippen molar-refractivity contribution in [2.75, 3.05) is 35.4 Å². The summed E-state index contributed by atoms with van der Waals surface area (Å²) in [7, 11) is 0.890. The molecule has 1 aromatic rings. The van der Waals surface area contributed by atoms with E-state index in [1.165, 1.54) is 11.8 Å². The van der Waals surface area contributed by atoms with Crippen molar-refractivity contribution in [3.05, 3.63) is 24.3 Å². The third kappa shape index (κ3) is 4.06. The standard InChI is InChI=1S/C18H25N3O3S2/c1-12(2)9-17(22)19-18-21(14-7-5-13(6-8-14)20(3)4)15-10-26(23,24)11-16(15)25-18/h5-8,12,15-16H,9-11H2,1-4H3/t15-,16-/m1/s1. The monoisotopic (exact) mass is 395 g/mol. The maximum Gasteiger partial charge on any atom is 0.248 e. The predicted octanol–water partition coefficient (Wildman–Crippen LogP) is 2.40.